The smallest absolute Gasteiger partial charge is 0.248 e. The third-order valence-corrected chi connectivity index (χ3v) is 4.05. The summed E-state index contributed by atoms with van der Waals surface area (Å²) in [5.74, 6) is -0.149. The van der Waals surface area contributed by atoms with E-state index in [1.807, 2.05) is 49.4 Å². The molecule has 1 aromatic heterocycles. The Hall–Kier alpha value is -2.94. The van der Waals surface area contributed by atoms with Gasteiger partial charge in [-0.2, -0.15) is 0 Å². The van der Waals surface area contributed by atoms with Gasteiger partial charge in [0.1, 0.15) is 0 Å². The summed E-state index contributed by atoms with van der Waals surface area (Å²) in [6, 6.07) is 16.0. The lowest BCUT2D eigenvalue weighted by molar-refractivity contribution is -0.111. The van der Waals surface area contributed by atoms with E-state index in [9.17, 15) is 4.79 Å². The van der Waals surface area contributed by atoms with Gasteiger partial charge in [-0.1, -0.05) is 49.4 Å². The van der Waals surface area contributed by atoms with Crippen LogP contribution in [-0.2, 0) is 11.2 Å². The van der Waals surface area contributed by atoms with Crippen molar-refractivity contribution in [1.82, 2.24) is 4.98 Å². The number of aromatic nitrogens is 1. The second kappa shape index (κ2) is 7.09. The molecular weight excluding hydrogens is 296 g/mol. The Morgan fingerprint density at radius 2 is 1.92 bits per heavy atom. The number of carbonyl (C=O) groups excluding carboxylic acids is 1. The van der Waals surface area contributed by atoms with Crippen LogP contribution in [0.5, 0.6) is 0 Å². The van der Waals surface area contributed by atoms with Gasteiger partial charge in [0.2, 0.25) is 5.91 Å². The Bertz CT molecular complexity index is 895. The zero-order valence-electron chi connectivity index (χ0n) is 13.9. The van der Waals surface area contributed by atoms with Crippen molar-refractivity contribution in [1.29, 1.82) is 0 Å². The Kier molecular flexibility index (Phi) is 4.71. The lowest BCUT2D eigenvalue weighted by Gasteiger charge is -2.08. The number of nitrogens with one attached hydrogen (secondary N) is 1. The van der Waals surface area contributed by atoms with E-state index in [-0.39, 0.29) is 5.91 Å². The molecule has 0 radical (unpaired) electrons. The predicted molar refractivity (Wildman–Crippen MR) is 100.0 cm³/mol. The van der Waals surface area contributed by atoms with E-state index in [1.165, 1.54) is 5.56 Å². The SMILES string of the molecule is CCc1ccc(/C=C/C(=O)Nc2ccnc3c(C)cccc23)cc1. The number of amides is 1. The first-order chi connectivity index (χ1) is 11.7. The first-order valence-electron chi connectivity index (χ1n) is 8.09. The number of anilines is 1. The summed E-state index contributed by atoms with van der Waals surface area (Å²) in [7, 11) is 0. The molecule has 0 spiro atoms. The molecule has 0 saturated carbocycles. The van der Waals surface area contributed by atoms with Crippen molar-refractivity contribution in [2.75, 3.05) is 5.32 Å². The Balaban J connectivity index is 1.77. The highest BCUT2D eigenvalue weighted by molar-refractivity contribution is 6.07. The summed E-state index contributed by atoms with van der Waals surface area (Å²) >= 11 is 0. The maximum absolute atomic E-state index is 12.2. The molecule has 0 bridgehead atoms. The highest BCUT2D eigenvalue weighted by Gasteiger charge is 2.05. The van der Waals surface area contributed by atoms with Crippen LogP contribution >= 0.6 is 0 Å². The van der Waals surface area contributed by atoms with Gasteiger partial charge in [-0.05, 0) is 42.2 Å². The molecule has 0 aliphatic carbocycles. The van der Waals surface area contributed by atoms with Crippen molar-refractivity contribution >= 4 is 28.6 Å². The van der Waals surface area contributed by atoms with Gasteiger partial charge in [-0.25, -0.2) is 0 Å². The first kappa shape index (κ1) is 15.9. The fraction of sp³-hybridized carbons (Fsp3) is 0.143. The maximum atomic E-state index is 12.2. The summed E-state index contributed by atoms with van der Waals surface area (Å²) in [5, 5.41) is 3.89. The van der Waals surface area contributed by atoms with Gasteiger partial charge in [-0.3, -0.25) is 9.78 Å². The first-order valence-corrected chi connectivity index (χ1v) is 8.09. The van der Waals surface area contributed by atoms with Crippen LogP contribution in [0.3, 0.4) is 0 Å². The minimum atomic E-state index is -0.149. The second-order valence-corrected chi connectivity index (χ2v) is 5.75. The lowest BCUT2D eigenvalue weighted by atomic mass is 10.1. The normalized spacial score (nSPS) is 11.1. The highest BCUT2D eigenvalue weighted by Crippen LogP contribution is 2.23. The van der Waals surface area contributed by atoms with Crippen LogP contribution in [0.2, 0.25) is 0 Å². The number of para-hydroxylation sites is 1. The zero-order chi connectivity index (χ0) is 16.9. The van der Waals surface area contributed by atoms with Crippen molar-refractivity contribution in [2.45, 2.75) is 20.3 Å². The van der Waals surface area contributed by atoms with E-state index in [2.05, 4.69) is 29.4 Å². The minimum absolute atomic E-state index is 0.149. The van der Waals surface area contributed by atoms with Crippen LogP contribution in [0, 0.1) is 6.92 Å². The molecule has 1 heterocycles. The van der Waals surface area contributed by atoms with Crippen molar-refractivity contribution < 1.29 is 4.79 Å². The fourth-order valence-corrected chi connectivity index (χ4v) is 2.64. The van der Waals surface area contributed by atoms with E-state index >= 15 is 0 Å². The monoisotopic (exact) mass is 316 g/mol. The third-order valence-electron chi connectivity index (χ3n) is 4.05. The molecule has 0 aliphatic heterocycles. The quantitative estimate of drug-likeness (QED) is 0.705. The highest BCUT2D eigenvalue weighted by atomic mass is 16.1. The second-order valence-electron chi connectivity index (χ2n) is 5.75. The van der Waals surface area contributed by atoms with Gasteiger partial charge in [0.15, 0.2) is 0 Å². The number of carbonyl (C=O) groups is 1. The van der Waals surface area contributed by atoms with Crippen molar-refractivity contribution in [2.24, 2.45) is 0 Å². The molecule has 3 nitrogen and oxygen atoms in total. The number of benzene rings is 2. The van der Waals surface area contributed by atoms with E-state index < -0.39 is 0 Å². The molecule has 0 fully saturated rings. The van der Waals surface area contributed by atoms with Crippen LogP contribution in [0.4, 0.5) is 5.69 Å². The van der Waals surface area contributed by atoms with Crippen LogP contribution in [0.1, 0.15) is 23.6 Å². The average molecular weight is 316 g/mol. The van der Waals surface area contributed by atoms with Gasteiger partial charge in [0.25, 0.3) is 0 Å². The summed E-state index contributed by atoms with van der Waals surface area (Å²) in [6.07, 6.45) is 6.11. The maximum Gasteiger partial charge on any atom is 0.248 e. The van der Waals surface area contributed by atoms with Gasteiger partial charge < -0.3 is 5.32 Å². The molecule has 3 rings (SSSR count). The number of hydrogen-bond acceptors (Lipinski definition) is 2. The van der Waals surface area contributed by atoms with Gasteiger partial charge in [0, 0.05) is 17.7 Å². The van der Waals surface area contributed by atoms with Gasteiger partial charge >= 0.3 is 0 Å². The largest absolute Gasteiger partial charge is 0.322 e. The number of nitrogens with zero attached hydrogens (tertiary/aromatic N) is 1. The van der Waals surface area contributed by atoms with Crippen molar-refractivity contribution in [3.05, 3.63) is 77.5 Å². The molecule has 3 aromatic rings. The number of rotatable bonds is 4. The van der Waals surface area contributed by atoms with Crippen LogP contribution in [-0.4, -0.2) is 10.9 Å². The molecular formula is C21H20N2O. The molecule has 1 amide bonds. The predicted octanol–water partition coefficient (Wildman–Crippen LogP) is 4.76. The number of pyridine rings is 1. The number of hydrogen-bond donors (Lipinski definition) is 1. The summed E-state index contributed by atoms with van der Waals surface area (Å²) in [6.45, 7) is 4.14. The van der Waals surface area contributed by atoms with Crippen LogP contribution in [0.15, 0.2) is 60.8 Å². The Labute approximate surface area is 142 Å². The summed E-state index contributed by atoms with van der Waals surface area (Å²) in [5.41, 5.74) is 5.08. The fourth-order valence-electron chi connectivity index (χ4n) is 2.64. The molecule has 0 saturated heterocycles. The summed E-state index contributed by atoms with van der Waals surface area (Å²) in [4.78, 5) is 16.6. The Morgan fingerprint density at radius 3 is 2.67 bits per heavy atom. The van der Waals surface area contributed by atoms with E-state index in [1.54, 1.807) is 12.3 Å². The molecule has 0 atom stereocenters. The van der Waals surface area contributed by atoms with Gasteiger partial charge in [0.05, 0.1) is 11.2 Å². The van der Waals surface area contributed by atoms with E-state index in [4.69, 9.17) is 0 Å². The van der Waals surface area contributed by atoms with Crippen LogP contribution in [0.25, 0.3) is 17.0 Å². The molecule has 0 unspecified atom stereocenters. The standard InChI is InChI=1S/C21H20N2O/c1-3-16-7-9-17(10-8-16)11-12-20(24)23-19-13-14-22-21-15(2)5-4-6-18(19)21/h4-14H,3H2,1-2H3,(H,22,23,24)/b12-11+. The van der Waals surface area contributed by atoms with Gasteiger partial charge in [-0.15, -0.1) is 0 Å². The average Bonchev–Trinajstić information content (AvgIpc) is 2.61. The summed E-state index contributed by atoms with van der Waals surface area (Å²) < 4.78 is 0. The Morgan fingerprint density at radius 1 is 1.12 bits per heavy atom. The molecule has 1 N–H and O–H groups in total. The topological polar surface area (TPSA) is 42.0 Å². The molecule has 24 heavy (non-hydrogen) atoms. The van der Waals surface area contributed by atoms with Crippen LogP contribution < -0.4 is 5.32 Å². The number of fused-ring (bicyclic) bond motifs is 1. The van der Waals surface area contributed by atoms with E-state index in [0.717, 1.165) is 34.1 Å². The minimum Gasteiger partial charge on any atom is -0.322 e. The van der Waals surface area contributed by atoms with Crippen molar-refractivity contribution in [3.8, 4) is 0 Å². The molecule has 2 aromatic carbocycles. The number of aryl methyl sites for hydroxylation is 2. The molecule has 0 aliphatic rings. The van der Waals surface area contributed by atoms with Crippen molar-refractivity contribution in [3.63, 3.8) is 0 Å². The molecule has 3 heteroatoms. The lowest BCUT2D eigenvalue weighted by Crippen LogP contribution is -2.08. The van der Waals surface area contributed by atoms with E-state index in [0.29, 0.717) is 0 Å². The zero-order valence-corrected chi connectivity index (χ0v) is 13.9. The molecule has 120 valence electrons. The third kappa shape index (κ3) is 3.51.